The first-order chi connectivity index (χ1) is 13.0. The number of hydrogen-bond donors (Lipinski definition) is 2. The molecule has 0 spiro atoms. The van der Waals surface area contributed by atoms with Crippen LogP contribution < -0.4 is 5.32 Å². The van der Waals surface area contributed by atoms with Crippen molar-refractivity contribution >= 4 is 11.9 Å². The number of likely N-dealkylation sites (tertiary alicyclic amines) is 1. The van der Waals surface area contributed by atoms with E-state index in [1.807, 2.05) is 0 Å². The van der Waals surface area contributed by atoms with Crippen LogP contribution in [0.2, 0.25) is 0 Å². The van der Waals surface area contributed by atoms with E-state index in [4.69, 9.17) is 15.0 Å². The van der Waals surface area contributed by atoms with Crippen LogP contribution in [0.15, 0.2) is 16.8 Å². The van der Waals surface area contributed by atoms with Crippen molar-refractivity contribution in [2.75, 3.05) is 33.4 Å². The predicted molar refractivity (Wildman–Crippen MR) is 97.1 cm³/mol. The molecule has 4 atom stereocenters. The zero-order chi connectivity index (χ0) is 19.8. The topological polar surface area (TPSA) is 137 Å². The second kappa shape index (κ2) is 10.3. The van der Waals surface area contributed by atoms with E-state index in [-0.39, 0.29) is 30.0 Å². The van der Waals surface area contributed by atoms with Crippen molar-refractivity contribution in [1.29, 1.82) is 0 Å². The van der Waals surface area contributed by atoms with Crippen LogP contribution in [0, 0.1) is 0 Å². The summed E-state index contributed by atoms with van der Waals surface area (Å²) in [5, 5.41) is 16.1. The number of methoxy groups -OCH3 is 1. The van der Waals surface area contributed by atoms with Gasteiger partial charge in [0.05, 0.1) is 31.4 Å². The van der Waals surface area contributed by atoms with E-state index in [1.165, 1.54) is 6.92 Å². The molecule has 2 N–H and O–H groups in total. The van der Waals surface area contributed by atoms with Gasteiger partial charge in [0.2, 0.25) is 5.91 Å². The molecule has 150 valence electrons. The monoisotopic (exact) mass is 381 g/mol. The zero-order valence-corrected chi connectivity index (χ0v) is 15.7. The summed E-state index contributed by atoms with van der Waals surface area (Å²) < 4.78 is 10.8. The van der Waals surface area contributed by atoms with Crippen LogP contribution >= 0.6 is 0 Å². The maximum atomic E-state index is 11.7. The van der Waals surface area contributed by atoms with Gasteiger partial charge in [-0.05, 0) is 31.3 Å². The van der Waals surface area contributed by atoms with Crippen molar-refractivity contribution < 1.29 is 24.2 Å². The molecule has 0 aromatic rings. The second-order valence-corrected chi connectivity index (χ2v) is 6.81. The molecule has 1 fully saturated rings. The summed E-state index contributed by atoms with van der Waals surface area (Å²) in [6, 6.07) is -1.52. The summed E-state index contributed by atoms with van der Waals surface area (Å²) >= 11 is 0. The van der Waals surface area contributed by atoms with E-state index in [9.17, 15) is 14.7 Å². The Morgan fingerprint density at radius 3 is 2.89 bits per heavy atom. The lowest BCUT2D eigenvalue weighted by atomic mass is 9.85. The van der Waals surface area contributed by atoms with Crippen LogP contribution in [0.1, 0.15) is 26.2 Å². The highest BCUT2D eigenvalue weighted by Gasteiger charge is 2.39. The van der Waals surface area contributed by atoms with E-state index in [2.05, 4.69) is 20.2 Å². The maximum Gasteiger partial charge on any atom is 0.331 e. The minimum absolute atomic E-state index is 0.00778. The summed E-state index contributed by atoms with van der Waals surface area (Å²) in [6.07, 6.45) is 3.57. The van der Waals surface area contributed by atoms with Crippen LogP contribution in [-0.2, 0) is 19.1 Å². The SMILES string of the molecule is COCCO[C@@H]1CCCN([C@@H]2C=C(C(=O)O)C[C@H](N=[N+]=[N-])[C@H]2NC(C)=O)C1. The van der Waals surface area contributed by atoms with Gasteiger partial charge in [-0.15, -0.1) is 0 Å². The molecule has 10 heteroatoms. The number of nitrogens with zero attached hydrogens (tertiary/aromatic N) is 4. The highest BCUT2D eigenvalue weighted by Crippen LogP contribution is 2.28. The molecule has 0 saturated carbocycles. The molecule has 1 amide bonds. The number of carboxylic acid groups (broad SMARTS) is 1. The molecule has 1 heterocycles. The molecule has 0 unspecified atom stereocenters. The standard InChI is InChI=1S/C17H27N5O5/c1-11(23)19-16-14(20-21-18)8-12(17(24)25)9-15(16)22-5-3-4-13(10-22)27-7-6-26-2/h9,13-16H,3-8,10H2,1-2H3,(H,19,23)(H,24,25)/t13-,14+,15-,16-/m1/s1. The fourth-order valence-electron chi connectivity index (χ4n) is 3.72. The van der Waals surface area contributed by atoms with Gasteiger partial charge in [-0.3, -0.25) is 9.69 Å². The molecule has 10 nitrogen and oxygen atoms in total. The van der Waals surface area contributed by atoms with E-state index < -0.39 is 18.1 Å². The zero-order valence-electron chi connectivity index (χ0n) is 15.7. The van der Waals surface area contributed by atoms with Crippen molar-refractivity contribution in [3.8, 4) is 0 Å². The Morgan fingerprint density at radius 1 is 1.48 bits per heavy atom. The Kier molecular flexibility index (Phi) is 8.05. The summed E-state index contributed by atoms with van der Waals surface area (Å²) in [5.41, 5.74) is 9.08. The molecule has 1 aliphatic carbocycles. The molecular formula is C17H27N5O5. The largest absolute Gasteiger partial charge is 0.478 e. The third-order valence-electron chi connectivity index (χ3n) is 4.90. The van der Waals surface area contributed by atoms with E-state index in [0.29, 0.717) is 19.8 Å². The van der Waals surface area contributed by atoms with E-state index >= 15 is 0 Å². The van der Waals surface area contributed by atoms with E-state index in [0.717, 1.165) is 19.4 Å². The number of piperidine rings is 1. The lowest BCUT2D eigenvalue weighted by Crippen LogP contribution is -2.59. The number of ether oxygens (including phenoxy) is 2. The summed E-state index contributed by atoms with van der Waals surface area (Å²) in [6.45, 7) is 3.75. The van der Waals surface area contributed by atoms with Gasteiger partial charge in [0.1, 0.15) is 0 Å². The quantitative estimate of drug-likeness (QED) is 0.279. The van der Waals surface area contributed by atoms with Crippen LogP contribution in [-0.4, -0.2) is 79.5 Å². The van der Waals surface area contributed by atoms with Gasteiger partial charge in [-0.2, -0.15) is 0 Å². The smallest absolute Gasteiger partial charge is 0.331 e. The normalized spacial score (nSPS) is 28.7. The van der Waals surface area contributed by atoms with Crippen molar-refractivity contribution in [2.45, 2.75) is 50.4 Å². The molecule has 1 saturated heterocycles. The summed E-state index contributed by atoms with van der Waals surface area (Å²) in [5.74, 6) is -1.29. The van der Waals surface area contributed by atoms with Gasteiger partial charge in [-0.1, -0.05) is 11.2 Å². The third kappa shape index (κ3) is 5.93. The number of amides is 1. The Morgan fingerprint density at radius 2 is 2.26 bits per heavy atom. The minimum Gasteiger partial charge on any atom is -0.478 e. The number of carbonyl (C=O) groups excluding carboxylic acids is 1. The molecule has 1 aliphatic heterocycles. The fourth-order valence-corrected chi connectivity index (χ4v) is 3.72. The average Bonchev–Trinajstić information content (AvgIpc) is 2.63. The number of aliphatic carboxylic acids is 1. The second-order valence-electron chi connectivity index (χ2n) is 6.81. The van der Waals surface area contributed by atoms with Crippen molar-refractivity contribution in [3.63, 3.8) is 0 Å². The molecule has 27 heavy (non-hydrogen) atoms. The van der Waals surface area contributed by atoms with Crippen LogP contribution in [0.3, 0.4) is 0 Å². The van der Waals surface area contributed by atoms with Crippen molar-refractivity contribution in [2.24, 2.45) is 5.11 Å². The van der Waals surface area contributed by atoms with Crippen LogP contribution in [0.4, 0.5) is 0 Å². The number of carboxylic acids is 1. The predicted octanol–water partition coefficient (Wildman–Crippen LogP) is 1.08. The number of rotatable bonds is 8. The fraction of sp³-hybridized carbons (Fsp3) is 0.765. The maximum absolute atomic E-state index is 11.7. The van der Waals surface area contributed by atoms with Gasteiger partial charge in [-0.25, -0.2) is 4.79 Å². The Hall–Kier alpha value is -2.13. The van der Waals surface area contributed by atoms with Crippen molar-refractivity contribution in [1.82, 2.24) is 10.2 Å². The molecule has 0 aromatic carbocycles. The number of nitrogens with one attached hydrogen (secondary N) is 1. The Labute approximate surface area is 158 Å². The first-order valence-corrected chi connectivity index (χ1v) is 9.06. The first kappa shape index (κ1) is 21.2. The first-order valence-electron chi connectivity index (χ1n) is 9.06. The van der Waals surface area contributed by atoms with Gasteiger partial charge in [0, 0.05) is 37.1 Å². The lowest BCUT2D eigenvalue weighted by Gasteiger charge is -2.44. The van der Waals surface area contributed by atoms with Gasteiger partial charge in [0.25, 0.3) is 0 Å². The number of carbonyl (C=O) groups is 2. The highest BCUT2D eigenvalue weighted by atomic mass is 16.5. The van der Waals surface area contributed by atoms with Gasteiger partial charge in [0.15, 0.2) is 0 Å². The highest BCUT2D eigenvalue weighted by molar-refractivity contribution is 5.87. The number of hydrogen-bond acceptors (Lipinski definition) is 6. The molecular weight excluding hydrogens is 354 g/mol. The van der Waals surface area contributed by atoms with E-state index in [1.54, 1.807) is 13.2 Å². The summed E-state index contributed by atoms with van der Waals surface area (Å²) in [7, 11) is 1.62. The molecule has 2 rings (SSSR count). The summed E-state index contributed by atoms with van der Waals surface area (Å²) in [4.78, 5) is 28.2. The minimum atomic E-state index is -1.04. The molecule has 0 radical (unpaired) electrons. The average molecular weight is 381 g/mol. The van der Waals surface area contributed by atoms with Crippen molar-refractivity contribution in [3.05, 3.63) is 22.1 Å². The number of azide groups is 1. The molecule has 0 aromatic heterocycles. The lowest BCUT2D eigenvalue weighted by molar-refractivity contribution is -0.133. The molecule has 2 aliphatic rings. The third-order valence-corrected chi connectivity index (χ3v) is 4.90. The Bertz CT molecular complexity index is 619. The molecule has 0 bridgehead atoms. The van der Waals surface area contributed by atoms with Crippen LogP contribution in [0.25, 0.3) is 10.4 Å². The van der Waals surface area contributed by atoms with Crippen LogP contribution in [0.5, 0.6) is 0 Å². The van der Waals surface area contributed by atoms with Gasteiger partial charge < -0.3 is 19.9 Å². The van der Waals surface area contributed by atoms with Gasteiger partial charge >= 0.3 is 5.97 Å². The Balaban J connectivity index is 2.23.